The lowest BCUT2D eigenvalue weighted by molar-refractivity contribution is -0.135. The first-order valence-corrected chi connectivity index (χ1v) is 9.77. The van der Waals surface area contributed by atoms with E-state index in [-0.39, 0.29) is 5.92 Å². The number of nitrogens with one attached hydrogen (secondary N) is 1. The van der Waals surface area contributed by atoms with Gasteiger partial charge in [0.05, 0.1) is 0 Å². The molecule has 23 heavy (non-hydrogen) atoms. The molecule has 1 unspecified atom stereocenters. The molecule has 2 aliphatic rings. The van der Waals surface area contributed by atoms with Gasteiger partial charge < -0.3 is 10.2 Å². The van der Waals surface area contributed by atoms with Crippen LogP contribution in [-0.4, -0.2) is 39.3 Å². The molecule has 0 spiro atoms. The number of hydrogen-bond acceptors (Lipinski definition) is 5. The first-order chi connectivity index (χ1) is 11.1. The van der Waals surface area contributed by atoms with Gasteiger partial charge in [-0.3, -0.25) is 4.79 Å². The highest BCUT2D eigenvalue weighted by atomic mass is 32.1. The number of likely N-dealkylation sites (tertiary alicyclic amines) is 1. The third-order valence-electron chi connectivity index (χ3n) is 4.84. The highest BCUT2D eigenvalue weighted by Gasteiger charge is 2.31. The van der Waals surface area contributed by atoms with Gasteiger partial charge in [0.25, 0.3) is 0 Å². The van der Waals surface area contributed by atoms with E-state index in [0.29, 0.717) is 17.9 Å². The molecule has 3 rings (SSSR count). The third kappa shape index (κ3) is 4.43. The standard InChI is InChI=1S/C17H28N4OS/c1-12(2)10-15-19-17(23-20-15)18-14-8-9-21(11-14)16(22)13-6-4-3-5-7-13/h12-14H,3-11H2,1-2H3,(H,18,19,20). The van der Waals surface area contributed by atoms with Crippen molar-refractivity contribution in [3.05, 3.63) is 5.82 Å². The predicted molar refractivity (Wildman–Crippen MR) is 93.6 cm³/mol. The summed E-state index contributed by atoms with van der Waals surface area (Å²) in [5.41, 5.74) is 0. The van der Waals surface area contributed by atoms with Crippen LogP contribution >= 0.6 is 11.5 Å². The number of carbonyl (C=O) groups excluding carboxylic acids is 1. The van der Waals surface area contributed by atoms with E-state index >= 15 is 0 Å². The molecule has 5 nitrogen and oxygen atoms in total. The molecule has 1 N–H and O–H groups in total. The second-order valence-electron chi connectivity index (χ2n) is 7.36. The minimum atomic E-state index is 0.279. The quantitative estimate of drug-likeness (QED) is 0.896. The Bertz CT molecular complexity index is 524. The monoisotopic (exact) mass is 336 g/mol. The van der Waals surface area contributed by atoms with E-state index in [1.54, 1.807) is 0 Å². The van der Waals surface area contributed by atoms with Crippen LogP contribution in [0.3, 0.4) is 0 Å². The number of nitrogens with zero attached hydrogens (tertiary/aromatic N) is 3. The van der Waals surface area contributed by atoms with Crippen LogP contribution in [0.25, 0.3) is 0 Å². The topological polar surface area (TPSA) is 58.1 Å². The summed E-state index contributed by atoms with van der Waals surface area (Å²) in [6, 6.07) is 0.322. The van der Waals surface area contributed by atoms with Crippen molar-refractivity contribution in [1.82, 2.24) is 14.3 Å². The summed E-state index contributed by atoms with van der Waals surface area (Å²) in [4.78, 5) is 19.2. The summed E-state index contributed by atoms with van der Waals surface area (Å²) in [6.45, 7) is 6.05. The van der Waals surface area contributed by atoms with E-state index < -0.39 is 0 Å². The predicted octanol–water partition coefficient (Wildman–Crippen LogP) is 3.33. The SMILES string of the molecule is CC(C)Cc1nsc(NC2CCN(C(=O)C3CCCCC3)C2)n1. The molecule has 0 bridgehead atoms. The number of anilines is 1. The fourth-order valence-electron chi connectivity index (χ4n) is 3.62. The minimum Gasteiger partial charge on any atom is -0.356 e. The highest BCUT2D eigenvalue weighted by molar-refractivity contribution is 7.09. The van der Waals surface area contributed by atoms with Crippen molar-refractivity contribution in [2.45, 2.75) is 64.8 Å². The van der Waals surface area contributed by atoms with Crippen molar-refractivity contribution < 1.29 is 4.79 Å². The summed E-state index contributed by atoms with van der Waals surface area (Å²) in [7, 11) is 0. The summed E-state index contributed by atoms with van der Waals surface area (Å²) in [5, 5.41) is 4.37. The Kier molecular flexibility index (Phi) is 5.51. The lowest BCUT2D eigenvalue weighted by Gasteiger charge is -2.26. The van der Waals surface area contributed by atoms with Crippen molar-refractivity contribution >= 4 is 22.6 Å². The molecule has 0 aromatic carbocycles. The largest absolute Gasteiger partial charge is 0.356 e. The Labute approximate surface area is 143 Å². The number of rotatable bonds is 5. The lowest BCUT2D eigenvalue weighted by Crippen LogP contribution is -2.36. The van der Waals surface area contributed by atoms with E-state index in [4.69, 9.17) is 0 Å². The molecule has 6 heteroatoms. The normalized spacial score (nSPS) is 22.7. The van der Waals surface area contributed by atoms with Gasteiger partial charge in [-0.05, 0) is 25.2 Å². The Morgan fingerprint density at radius 2 is 2.09 bits per heavy atom. The molecular weight excluding hydrogens is 308 g/mol. The molecule has 0 radical (unpaired) electrons. The molecule has 1 saturated carbocycles. The minimum absolute atomic E-state index is 0.279. The second-order valence-corrected chi connectivity index (χ2v) is 8.11. The molecule has 1 aromatic rings. The van der Waals surface area contributed by atoms with Crippen LogP contribution in [0.5, 0.6) is 0 Å². The average molecular weight is 337 g/mol. The van der Waals surface area contributed by atoms with Gasteiger partial charge in [-0.2, -0.15) is 4.37 Å². The van der Waals surface area contributed by atoms with Crippen LogP contribution in [0.4, 0.5) is 5.13 Å². The molecule has 1 aliphatic heterocycles. The van der Waals surface area contributed by atoms with Gasteiger partial charge in [-0.25, -0.2) is 4.98 Å². The van der Waals surface area contributed by atoms with Gasteiger partial charge in [0, 0.05) is 43.0 Å². The van der Waals surface area contributed by atoms with Gasteiger partial charge >= 0.3 is 0 Å². The Balaban J connectivity index is 1.49. The summed E-state index contributed by atoms with van der Waals surface area (Å²) < 4.78 is 4.41. The second kappa shape index (κ2) is 7.60. The van der Waals surface area contributed by atoms with Crippen LogP contribution < -0.4 is 5.32 Å². The molecule has 1 atom stereocenters. The van der Waals surface area contributed by atoms with Gasteiger partial charge in [0.1, 0.15) is 5.82 Å². The third-order valence-corrected chi connectivity index (χ3v) is 5.52. The first-order valence-electron chi connectivity index (χ1n) is 8.99. The van der Waals surface area contributed by atoms with Crippen LogP contribution in [-0.2, 0) is 11.2 Å². The zero-order valence-electron chi connectivity index (χ0n) is 14.3. The number of aromatic nitrogens is 2. The summed E-state index contributed by atoms with van der Waals surface area (Å²) >= 11 is 1.44. The number of amides is 1. The van der Waals surface area contributed by atoms with E-state index in [1.165, 1.54) is 30.8 Å². The molecule has 1 aliphatic carbocycles. The zero-order valence-corrected chi connectivity index (χ0v) is 15.1. The molecule has 1 saturated heterocycles. The maximum absolute atomic E-state index is 12.6. The maximum Gasteiger partial charge on any atom is 0.225 e. The Morgan fingerprint density at radius 3 is 2.83 bits per heavy atom. The van der Waals surface area contributed by atoms with E-state index in [1.807, 2.05) is 0 Å². The van der Waals surface area contributed by atoms with Crippen molar-refractivity contribution in [2.24, 2.45) is 11.8 Å². The molecule has 2 heterocycles. The first kappa shape index (κ1) is 16.7. The van der Waals surface area contributed by atoms with Crippen LogP contribution in [0.2, 0.25) is 0 Å². The molecule has 1 aromatic heterocycles. The molecule has 128 valence electrons. The van der Waals surface area contributed by atoms with Crippen LogP contribution in [0, 0.1) is 11.8 Å². The fourth-order valence-corrected chi connectivity index (χ4v) is 4.29. The van der Waals surface area contributed by atoms with Gasteiger partial charge in [0.2, 0.25) is 11.0 Å². The van der Waals surface area contributed by atoms with Crippen LogP contribution in [0.1, 0.15) is 58.2 Å². The molecule has 2 fully saturated rings. The van der Waals surface area contributed by atoms with Crippen molar-refractivity contribution in [3.8, 4) is 0 Å². The lowest BCUT2D eigenvalue weighted by atomic mass is 9.88. The van der Waals surface area contributed by atoms with Gasteiger partial charge in [-0.1, -0.05) is 33.1 Å². The zero-order chi connectivity index (χ0) is 16.2. The Morgan fingerprint density at radius 1 is 1.30 bits per heavy atom. The highest BCUT2D eigenvalue weighted by Crippen LogP contribution is 2.27. The fraction of sp³-hybridized carbons (Fsp3) is 0.824. The Hall–Kier alpha value is -1.17. The van der Waals surface area contributed by atoms with E-state index in [9.17, 15) is 4.79 Å². The smallest absolute Gasteiger partial charge is 0.225 e. The van der Waals surface area contributed by atoms with Crippen molar-refractivity contribution in [2.75, 3.05) is 18.4 Å². The van der Waals surface area contributed by atoms with E-state index in [0.717, 1.165) is 49.7 Å². The number of carbonyl (C=O) groups is 1. The average Bonchev–Trinajstić information content (AvgIpc) is 3.17. The summed E-state index contributed by atoms with van der Waals surface area (Å²) in [5.74, 6) is 2.17. The maximum atomic E-state index is 12.6. The van der Waals surface area contributed by atoms with Crippen molar-refractivity contribution in [3.63, 3.8) is 0 Å². The van der Waals surface area contributed by atoms with Gasteiger partial charge in [0.15, 0.2) is 0 Å². The molecule has 1 amide bonds. The summed E-state index contributed by atoms with van der Waals surface area (Å²) in [6.07, 6.45) is 7.84. The van der Waals surface area contributed by atoms with Crippen LogP contribution in [0.15, 0.2) is 0 Å². The molecular formula is C17H28N4OS. The van der Waals surface area contributed by atoms with Gasteiger partial charge in [-0.15, -0.1) is 0 Å². The van der Waals surface area contributed by atoms with Crippen molar-refractivity contribution in [1.29, 1.82) is 0 Å². The number of hydrogen-bond donors (Lipinski definition) is 1. The van der Waals surface area contributed by atoms with E-state index in [2.05, 4.69) is 33.4 Å².